The third-order valence-electron chi connectivity index (χ3n) is 2.40. The highest BCUT2D eigenvalue weighted by molar-refractivity contribution is 5.81. The molecule has 0 radical (unpaired) electrons. The van der Waals surface area contributed by atoms with Crippen molar-refractivity contribution >= 4 is 5.91 Å². The first kappa shape index (κ1) is 12.7. The predicted octanol–water partition coefficient (Wildman–Crippen LogP) is 3.05. The minimum Gasteiger partial charge on any atom is -0.349 e. The van der Waals surface area contributed by atoms with Gasteiger partial charge in [0.15, 0.2) is 0 Å². The topological polar surface area (TPSA) is 29.1 Å². The molecule has 1 aromatic rings. The lowest BCUT2D eigenvalue weighted by Gasteiger charge is -2.22. The quantitative estimate of drug-likeness (QED) is 0.820. The van der Waals surface area contributed by atoms with E-state index in [1.165, 1.54) is 6.07 Å². The number of carbonyl (C=O) groups is 1. The van der Waals surface area contributed by atoms with Crippen LogP contribution < -0.4 is 5.32 Å². The van der Waals surface area contributed by atoms with E-state index in [0.717, 1.165) is 0 Å². The van der Waals surface area contributed by atoms with Gasteiger partial charge < -0.3 is 5.32 Å². The van der Waals surface area contributed by atoms with E-state index in [1.54, 1.807) is 25.1 Å². The molecule has 0 bridgehead atoms. The van der Waals surface area contributed by atoms with Crippen LogP contribution >= 0.6 is 0 Å². The summed E-state index contributed by atoms with van der Waals surface area (Å²) in [6, 6.07) is 6.17. The van der Waals surface area contributed by atoms with Crippen molar-refractivity contribution in [1.82, 2.24) is 5.32 Å². The van der Waals surface area contributed by atoms with Gasteiger partial charge in [0, 0.05) is 11.0 Å². The highest BCUT2D eigenvalue weighted by Gasteiger charge is 2.23. The van der Waals surface area contributed by atoms with Crippen molar-refractivity contribution in [3.63, 3.8) is 0 Å². The van der Waals surface area contributed by atoms with Gasteiger partial charge in [-0.25, -0.2) is 4.39 Å². The third-order valence-corrected chi connectivity index (χ3v) is 2.40. The van der Waals surface area contributed by atoms with E-state index >= 15 is 0 Å². The van der Waals surface area contributed by atoms with Crippen molar-refractivity contribution in [1.29, 1.82) is 0 Å². The zero-order chi connectivity index (χ0) is 12.3. The SMILES string of the molecule is C[C@H](NC(=O)C(C)(C)C)c1ccccc1F. The fourth-order valence-corrected chi connectivity index (χ4v) is 1.32. The summed E-state index contributed by atoms with van der Waals surface area (Å²) in [7, 11) is 0. The number of hydrogen-bond acceptors (Lipinski definition) is 1. The molecule has 0 saturated carbocycles. The van der Waals surface area contributed by atoms with Crippen LogP contribution in [0.2, 0.25) is 0 Å². The van der Waals surface area contributed by atoms with Crippen LogP contribution in [0.25, 0.3) is 0 Å². The molecule has 1 N–H and O–H groups in total. The molecule has 2 nitrogen and oxygen atoms in total. The maximum atomic E-state index is 13.4. The Morgan fingerprint density at radius 2 is 1.88 bits per heavy atom. The maximum absolute atomic E-state index is 13.4. The number of nitrogens with one attached hydrogen (secondary N) is 1. The summed E-state index contributed by atoms with van der Waals surface area (Å²) in [5.41, 5.74) is 0.0552. The van der Waals surface area contributed by atoms with E-state index in [1.807, 2.05) is 20.8 Å². The summed E-state index contributed by atoms with van der Waals surface area (Å²) in [6.45, 7) is 7.27. The summed E-state index contributed by atoms with van der Waals surface area (Å²) >= 11 is 0. The molecule has 0 aromatic heterocycles. The summed E-state index contributed by atoms with van der Waals surface area (Å²) in [5, 5.41) is 2.80. The fraction of sp³-hybridized carbons (Fsp3) is 0.462. The van der Waals surface area contributed by atoms with E-state index in [0.29, 0.717) is 5.56 Å². The molecular formula is C13H18FNO. The molecule has 1 rings (SSSR count). The summed E-state index contributed by atoms with van der Waals surface area (Å²) < 4.78 is 13.4. The molecule has 0 spiro atoms. The Kier molecular flexibility index (Phi) is 3.68. The lowest BCUT2D eigenvalue weighted by Crippen LogP contribution is -2.36. The minimum absolute atomic E-state index is 0.0803. The van der Waals surface area contributed by atoms with Gasteiger partial charge in [0.2, 0.25) is 5.91 Å². The molecule has 1 amide bonds. The molecule has 16 heavy (non-hydrogen) atoms. The van der Waals surface area contributed by atoms with Crippen molar-refractivity contribution in [3.8, 4) is 0 Å². The molecule has 0 aliphatic carbocycles. The lowest BCUT2D eigenvalue weighted by molar-refractivity contribution is -0.129. The molecule has 0 aliphatic rings. The molecule has 1 aromatic carbocycles. The third kappa shape index (κ3) is 3.05. The molecular weight excluding hydrogens is 205 g/mol. The monoisotopic (exact) mass is 223 g/mol. The Hall–Kier alpha value is -1.38. The van der Waals surface area contributed by atoms with Crippen LogP contribution in [0.1, 0.15) is 39.3 Å². The van der Waals surface area contributed by atoms with Crippen molar-refractivity contribution in [2.75, 3.05) is 0 Å². The largest absolute Gasteiger partial charge is 0.349 e. The van der Waals surface area contributed by atoms with Crippen LogP contribution in [-0.4, -0.2) is 5.91 Å². The molecule has 3 heteroatoms. The van der Waals surface area contributed by atoms with Gasteiger partial charge in [0.1, 0.15) is 5.82 Å². The fourth-order valence-electron chi connectivity index (χ4n) is 1.32. The smallest absolute Gasteiger partial charge is 0.225 e. The second-order valence-electron chi connectivity index (χ2n) is 4.97. The summed E-state index contributed by atoms with van der Waals surface area (Å²) in [4.78, 5) is 11.7. The van der Waals surface area contributed by atoms with Crippen LogP contribution in [0.5, 0.6) is 0 Å². The van der Waals surface area contributed by atoms with E-state index in [2.05, 4.69) is 5.32 Å². The van der Waals surface area contributed by atoms with Gasteiger partial charge in [-0.1, -0.05) is 39.0 Å². The highest BCUT2D eigenvalue weighted by Crippen LogP contribution is 2.19. The number of benzene rings is 1. The molecule has 0 fully saturated rings. The molecule has 0 unspecified atom stereocenters. The van der Waals surface area contributed by atoms with Crippen molar-refractivity contribution in [2.45, 2.75) is 33.7 Å². The number of hydrogen-bond donors (Lipinski definition) is 1. The number of carbonyl (C=O) groups excluding carboxylic acids is 1. The van der Waals surface area contributed by atoms with Gasteiger partial charge >= 0.3 is 0 Å². The van der Waals surface area contributed by atoms with Crippen molar-refractivity contribution in [2.24, 2.45) is 5.41 Å². The zero-order valence-corrected chi connectivity index (χ0v) is 10.2. The Morgan fingerprint density at radius 1 is 1.31 bits per heavy atom. The predicted molar refractivity (Wildman–Crippen MR) is 62.4 cm³/mol. The van der Waals surface area contributed by atoms with Gasteiger partial charge in [-0.05, 0) is 13.0 Å². The van der Waals surface area contributed by atoms with Gasteiger partial charge in [-0.2, -0.15) is 0 Å². The average molecular weight is 223 g/mol. The highest BCUT2D eigenvalue weighted by atomic mass is 19.1. The van der Waals surface area contributed by atoms with Crippen molar-refractivity contribution in [3.05, 3.63) is 35.6 Å². The van der Waals surface area contributed by atoms with Crippen LogP contribution in [0, 0.1) is 11.2 Å². The second kappa shape index (κ2) is 4.64. The first-order valence-corrected chi connectivity index (χ1v) is 5.38. The Bertz CT molecular complexity index is 382. The number of rotatable bonds is 2. The molecule has 88 valence electrons. The van der Waals surface area contributed by atoms with Crippen molar-refractivity contribution < 1.29 is 9.18 Å². The lowest BCUT2D eigenvalue weighted by atomic mass is 9.94. The van der Waals surface area contributed by atoms with E-state index in [4.69, 9.17) is 0 Å². The Morgan fingerprint density at radius 3 is 2.38 bits per heavy atom. The number of amides is 1. The Labute approximate surface area is 95.9 Å². The van der Waals surface area contributed by atoms with Crippen LogP contribution in [0.3, 0.4) is 0 Å². The van der Waals surface area contributed by atoms with E-state index < -0.39 is 5.41 Å². The van der Waals surface area contributed by atoms with Gasteiger partial charge in [0.05, 0.1) is 6.04 Å². The molecule has 0 heterocycles. The first-order chi connectivity index (χ1) is 7.32. The van der Waals surface area contributed by atoms with Gasteiger partial charge in [0.25, 0.3) is 0 Å². The summed E-state index contributed by atoms with van der Waals surface area (Å²) in [5.74, 6) is -0.368. The Balaban J connectivity index is 2.78. The van der Waals surface area contributed by atoms with Gasteiger partial charge in [-0.3, -0.25) is 4.79 Å². The maximum Gasteiger partial charge on any atom is 0.225 e. The van der Waals surface area contributed by atoms with Crippen LogP contribution in [0.15, 0.2) is 24.3 Å². The molecule has 1 atom stereocenters. The van der Waals surface area contributed by atoms with E-state index in [-0.39, 0.29) is 17.8 Å². The molecule has 0 aliphatic heterocycles. The number of halogens is 1. The minimum atomic E-state index is -0.459. The molecule has 0 saturated heterocycles. The standard InChI is InChI=1S/C13H18FNO/c1-9(15-12(16)13(2,3)4)10-7-5-6-8-11(10)14/h5-9H,1-4H3,(H,15,16)/t9-/m0/s1. The van der Waals surface area contributed by atoms with Crippen LogP contribution in [-0.2, 0) is 4.79 Å². The van der Waals surface area contributed by atoms with E-state index in [9.17, 15) is 9.18 Å². The normalized spacial score (nSPS) is 13.3. The summed E-state index contributed by atoms with van der Waals surface area (Å²) in [6.07, 6.45) is 0. The van der Waals surface area contributed by atoms with Gasteiger partial charge in [-0.15, -0.1) is 0 Å². The first-order valence-electron chi connectivity index (χ1n) is 5.38. The van der Waals surface area contributed by atoms with Crippen LogP contribution in [0.4, 0.5) is 4.39 Å². The zero-order valence-electron chi connectivity index (χ0n) is 10.2. The average Bonchev–Trinajstić information content (AvgIpc) is 2.16. The second-order valence-corrected chi connectivity index (χ2v) is 4.97.